The molecule has 1 aliphatic heterocycles. The summed E-state index contributed by atoms with van der Waals surface area (Å²) in [4.78, 5) is 11.6. The van der Waals surface area contributed by atoms with Crippen LogP contribution in [0.4, 0.5) is 10.5 Å². The first-order valence-corrected chi connectivity index (χ1v) is 5.58. The number of benzene rings is 1. The van der Waals surface area contributed by atoms with Gasteiger partial charge in [0.1, 0.15) is 0 Å². The number of anilines is 1. The van der Waals surface area contributed by atoms with Crippen molar-refractivity contribution in [2.24, 2.45) is 0 Å². The molecule has 0 spiro atoms. The molecule has 0 saturated heterocycles. The van der Waals surface area contributed by atoms with E-state index in [1.807, 2.05) is 42.5 Å². The van der Waals surface area contributed by atoms with Crippen molar-refractivity contribution >= 4 is 23.7 Å². The minimum Gasteiger partial charge on any atom is -0.331 e. The van der Waals surface area contributed by atoms with Gasteiger partial charge in [0, 0.05) is 23.8 Å². The summed E-state index contributed by atoms with van der Waals surface area (Å²) in [6, 6.07) is 9.06. The van der Waals surface area contributed by atoms with Gasteiger partial charge in [-0.1, -0.05) is 18.2 Å². The van der Waals surface area contributed by atoms with Crippen LogP contribution >= 0.6 is 11.9 Å². The monoisotopic (exact) mass is 233 g/mol. The summed E-state index contributed by atoms with van der Waals surface area (Å²) < 4.78 is 2.93. The predicted octanol–water partition coefficient (Wildman–Crippen LogP) is 2.41. The zero-order valence-corrected chi connectivity index (χ0v) is 9.25. The van der Waals surface area contributed by atoms with Gasteiger partial charge in [0.05, 0.1) is 5.03 Å². The molecule has 0 saturated carbocycles. The van der Waals surface area contributed by atoms with Crippen molar-refractivity contribution in [3.05, 3.63) is 53.7 Å². The number of para-hydroxylation sites is 1. The first kappa shape index (κ1) is 10.6. The maximum Gasteiger partial charge on any atom is 0.324 e. The van der Waals surface area contributed by atoms with E-state index in [2.05, 4.69) is 15.4 Å². The Morgan fingerprint density at radius 1 is 1.19 bits per heavy atom. The van der Waals surface area contributed by atoms with E-state index < -0.39 is 0 Å². The number of carbonyl (C=O) groups is 1. The fourth-order valence-electron chi connectivity index (χ4n) is 1.17. The third-order valence-electron chi connectivity index (χ3n) is 1.85. The van der Waals surface area contributed by atoms with Crippen LogP contribution in [0.2, 0.25) is 0 Å². The highest BCUT2D eigenvalue weighted by Gasteiger charge is 2.05. The Hall–Kier alpha value is -1.88. The lowest BCUT2D eigenvalue weighted by molar-refractivity contribution is 0.255. The van der Waals surface area contributed by atoms with Gasteiger partial charge in [-0.3, -0.25) is 0 Å². The SMILES string of the molecule is O=C(NC1=CC=CNS1)Nc1ccccc1. The number of hydrogen-bond donors (Lipinski definition) is 3. The van der Waals surface area contributed by atoms with Crippen LogP contribution in [0.3, 0.4) is 0 Å². The van der Waals surface area contributed by atoms with Gasteiger partial charge >= 0.3 is 6.03 Å². The van der Waals surface area contributed by atoms with Crippen LogP contribution in [-0.2, 0) is 0 Å². The van der Waals surface area contributed by atoms with Gasteiger partial charge in [-0.2, -0.15) is 0 Å². The molecule has 1 aliphatic rings. The van der Waals surface area contributed by atoms with Crippen molar-refractivity contribution in [1.82, 2.24) is 10.0 Å². The Labute approximate surface area is 97.9 Å². The second-order valence-electron chi connectivity index (χ2n) is 3.06. The van der Waals surface area contributed by atoms with Gasteiger partial charge in [-0.25, -0.2) is 4.79 Å². The molecule has 1 aromatic rings. The van der Waals surface area contributed by atoms with Gasteiger partial charge in [0.2, 0.25) is 0 Å². The molecule has 5 heteroatoms. The van der Waals surface area contributed by atoms with E-state index in [1.54, 1.807) is 6.20 Å². The molecule has 0 aliphatic carbocycles. The number of urea groups is 1. The number of hydrogen-bond acceptors (Lipinski definition) is 3. The fourth-order valence-corrected chi connectivity index (χ4v) is 1.73. The summed E-state index contributed by atoms with van der Waals surface area (Å²) in [6.45, 7) is 0. The molecule has 3 N–H and O–H groups in total. The first-order valence-electron chi connectivity index (χ1n) is 4.77. The molecule has 1 aromatic carbocycles. The van der Waals surface area contributed by atoms with Crippen LogP contribution in [-0.4, -0.2) is 6.03 Å². The number of nitrogens with one attached hydrogen (secondary N) is 3. The molecule has 16 heavy (non-hydrogen) atoms. The van der Waals surface area contributed by atoms with Crippen molar-refractivity contribution in [1.29, 1.82) is 0 Å². The smallest absolute Gasteiger partial charge is 0.324 e. The van der Waals surface area contributed by atoms with E-state index in [1.165, 1.54) is 11.9 Å². The maximum absolute atomic E-state index is 11.6. The van der Waals surface area contributed by atoms with Crippen molar-refractivity contribution < 1.29 is 4.79 Å². The molecule has 0 unspecified atom stereocenters. The van der Waals surface area contributed by atoms with Crippen molar-refractivity contribution in [2.75, 3.05) is 5.32 Å². The predicted molar refractivity (Wildman–Crippen MR) is 66.5 cm³/mol. The molecular weight excluding hydrogens is 222 g/mol. The quantitative estimate of drug-likeness (QED) is 0.688. The van der Waals surface area contributed by atoms with E-state index in [4.69, 9.17) is 0 Å². The molecule has 0 aromatic heterocycles. The molecule has 4 nitrogen and oxygen atoms in total. The average Bonchev–Trinajstić information content (AvgIpc) is 2.31. The molecule has 0 fully saturated rings. The summed E-state index contributed by atoms with van der Waals surface area (Å²) in [6.07, 6.45) is 5.45. The highest BCUT2D eigenvalue weighted by molar-refractivity contribution is 8.01. The zero-order valence-electron chi connectivity index (χ0n) is 8.44. The molecule has 2 rings (SSSR count). The van der Waals surface area contributed by atoms with E-state index in [0.717, 1.165) is 10.7 Å². The van der Waals surface area contributed by atoms with Gasteiger partial charge < -0.3 is 15.4 Å². The summed E-state index contributed by atoms with van der Waals surface area (Å²) >= 11 is 1.35. The minimum atomic E-state index is -0.248. The van der Waals surface area contributed by atoms with Crippen molar-refractivity contribution in [2.45, 2.75) is 0 Å². The third kappa shape index (κ3) is 3.06. The minimum absolute atomic E-state index is 0.248. The second-order valence-corrected chi connectivity index (χ2v) is 3.93. The lowest BCUT2D eigenvalue weighted by Gasteiger charge is -2.11. The maximum atomic E-state index is 11.6. The number of amides is 2. The molecule has 1 heterocycles. The number of rotatable bonds is 2. The molecular formula is C11H11N3OS. The molecule has 0 atom stereocenters. The Balaban J connectivity index is 1.89. The van der Waals surface area contributed by atoms with E-state index in [9.17, 15) is 4.79 Å². The normalized spacial score (nSPS) is 13.6. The van der Waals surface area contributed by atoms with Crippen LogP contribution in [0.15, 0.2) is 53.7 Å². The second kappa shape index (κ2) is 5.27. The van der Waals surface area contributed by atoms with Gasteiger partial charge in [-0.05, 0) is 24.3 Å². The Bertz CT molecular complexity index is 428. The Kier molecular flexibility index (Phi) is 3.50. The van der Waals surface area contributed by atoms with Gasteiger partial charge in [-0.15, -0.1) is 0 Å². The summed E-state index contributed by atoms with van der Waals surface area (Å²) in [5.41, 5.74) is 0.768. The van der Waals surface area contributed by atoms with Crippen molar-refractivity contribution in [3.8, 4) is 0 Å². The molecule has 0 bridgehead atoms. The average molecular weight is 233 g/mol. The van der Waals surface area contributed by atoms with Crippen LogP contribution in [0.1, 0.15) is 0 Å². The molecule has 0 radical (unpaired) electrons. The molecule has 82 valence electrons. The van der Waals surface area contributed by atoms with Crippen LogP contribution in [0, 0.1) is 0 Å². The highest BCUT2D eigenvalue weighted by atomic mass is 32.2. The summed E-state index contributed by atoms with van der Waals surface area (Å²) in [7, 11) is 0. The van der Waals surface area contributed by atoms with E-state index in [-0.39, 0.29) is 6.03 Å². The summed E-state index contributed by atoms with van der Waals surface area (Å²) in [5.74, 6) is 0. The van der Waals surface area contributed by atoms with Crippen LogP contribution < -0.4 is 15.4 Å². The largest absolute Gasteiger partial charge is 0.331 e. The lowest BCUT2D eigenvalue weighted by Crippen LogP contribution is -2.28. The highest BCUT2D eigenvalue weighted by Crippen LogP contribution is 2.12. The summed E-state index contributed by atoms with van der Waals surface area (Å²) in [5, 5.41) is 6.22. The third-order valence-corrected chi connectivity index (χ3v) is 2.56. The van der Waals surface area contributed by atoms with Crippen molar-refractivity contribution in [3.63, 3.8) is 0 Å². The van der Waals surface area contributed by atoms with Crippen LogP contribution in [0.25, 0.3) is 0 Å². The lowest BCUT2D eigenvalue weighted by atomic mass is 10.3. The zero-order chi connectivity index (χ0) is 11.2. The molecule has 2 amide bonds. The van der Waals surface area contributed by atoms with E-state index >= 15 is 0 Å². The van der Waals surface area contributed by atoms with E-state index in [0.29, 0.717) is 0 Å². The first-order chi connectivity index (χ1) is 7.84. The standard InChI is InChI=1S/C11H11N3OS/c15-11(13-9-5-2-1-3-6-9)14-10-7-4-8-12-16-10/h1-8,12H,(H2,13,14,15). The Morgan fingerprint density at radius 3 is 2.69 bits per heavy atom. The fraction of sp³-hybridized carbons (Fsp3) is 0. The van der Waals surface area contributed by atoms with Gasteiger partial charge in [0.25, 0.3) is 0 Å². The Morgan fingerprint density at radius 2 is 2.00 bits per heavy atom. The number of carbonyl (C=O) groups excluding carboxylic acids is 1. The van der Waals surface area contributed by atoms with Crippen LogP contribution in [0.5, 0.6) is 0 Å². The van der Waals surface area contributed by atoms with Gasteiger partial charge in [0.15, 0.2) is 0 Å². The topological polar surface area (TPSA) is 53.2 Å². The number of allylic oxidation sites excluding steroid dienone is 2.